The van der Waals surface area contributed by atoms with E-state index < -0.39 is 6.36 Å². The number of alkyl halides is 3. The normalized spacial score (nSPS) is 12.1. The Hall–Kier alpha value is -1.65. The van der Waals surface area contributed by atoms with Crippen molar-refractivity contribution in [3.63, 3.8) is 0 Å². The molecule has 0 spiro atoms. The molecule has 0 fully saturated rings. The van der Waals surface area contributed by atoms with Gasteiger partial charge in [-0.3, -0.25) is 0 Å². The summed E-state index contributed by atoms with van der Waals surface area (Å²) >= 11 is 0. The van der Waals surface area contributed by atoms with Gasteiger partial charge in [-0.25, -0.2) is 0 Å². The Kier molecular flexibility index (Phi) is 2.33. The highest BCUT2D eigenvalue weighted by Crippen LogP contribution is 2.30. The molecule has 0 unspecified atom stereocenters. The molecule has 2 nitrogen and oxygen atoms in total. The molecule has 1 aromatic carbocycles. The summed E-state index contributed by atoms with van der Waals surface area (Å²) in [6, 6.07) is 2.76. The van der Waals surface area contributed by atoms with Crippen molar-refractivity contribution < 1.29 is 17.9 Å². The highest BCUT2D eigenvalue weighted by molar-refractivity contribution is 5.87. The van der Waals surface area contributed by atoms with Gasteiger partial charge >= 0.3 is 6.36 Å². The fourth-order valence-corrected chi connectivity index (χ4v) is 1.71. The predicted molar refractivity (Wildman–Crippen MR) is 54.5 cm³/mol. The van der Waals surface area contributed by atoms with E-state index in [0.29, 0.717) is 0 Å². The van der Waals surface area contributed by atoms with E-state index in [-0.39, 0.29) is 5.75 Å². The van der Waals surface area contributed by atoms with Crippen LogP contribution in [0.5, 0.6) is 5.75 Å². The fourth-order valence-electron chi connectivity index (χ4n) is 1.71. The third-order valence-corrected chi connectivity index (χ3v) is 2.40. The Morgan fingerprint density at radius 2 is 1.81 bits per heavy atom. The summed E-state index contributed by atoms with van der Waals surface area (Å²) in [6.07, 6.45) is -2.89. The van der Waals surface area contributed by atoms with Crippen molar-refractivity contribution >= 4 is 10.9 Å². The molecule has 1 heterocycles. The lowest BCUT2D eigenvalue weighted by atomic mass is 10.1. The minimum absolute atomic E-state index is 0.180. The number of halogens is 3. The highest BCUT2D eigenvalue weighted by atomic mass is 19.4. The zero-order chi connectivity index (χ0) is 11.9. The minimum atomic E-state index is -4.65. The van der Waals surface area contributed by atoms with E-state index in [0.717, 1.165) is 22.0 Å². The number of H-pyrrole nitrogens is 1. The summed E-state index contributed by atoms with van der Waals surface area (Å²) < 4.78 is 40.1. The minimum Gasteiger partial charge on any atom is -0.406 e. The van der Waals surface area contributed by atoms with Crippen LogP contribution in [0.1, 0.15) is 11.1 Å². The molecule has 1 N–H and O–H groups in total. The summed E-state index contributed by atoms with van der Waals surface area (Å²) in [4.78, 5) is 3.01. The third-order valence-electron chi connectivity index (χ3n) is 2.40. The van der Waals surface area contributed by atoms with Crippen molar-refractivity contribution in [1.82, 2.24) is 4.98 Å². The van der Waals surface area contributed by atoms with Gasteiger partial charge in [-0.05, 0) is 37.1 Å². The number of ether oxygens (including phenoxy) is 1. The fraction of sp³-hybridized carbons (Fsp3) is 0.273. The maximum atomic E-state index is 12.1. The van der Waals surface area contributed by atoms with Crippen LogP contribution in [-0.4, -0.2) is 11.3 Å². The van der Waals surface area contributed by atoms with Crippen molar-refractivity contribution in [2.75, 3.05) is 0 Å². The van der Waals surface area contributed by atoms with E-state index >= 15 is 0 Å². The molecule has 86 valence electrons. The van der Waals surface area contributed by atoms with Gasteiger partial charge in [0.05, 0.1) is 0 Å². The Balaban J connectivity index is 2.52. The number of nitrogens with one attached hydrogen (secondary N) is 1. The number of benzene rings is 1. The number of fused-ring (bicyclic) bond motifs is 1. The van der Waals surface area contributed by atoms with Crippen LogP contribution in [0.25, 0.3) is 10.9 Å². The lowest BCUT2D eigenvalue weighted by Gasteiger charge is -2.10. The molecule has 2 aromatic rings. The lowest BCUT2D eigenvalue weighted by Crippen LogP contribution is -2.17. The molecule has 0 atom stereocenters. The van der Waals surface area contributed by atoms with Gasteiger partial charge in [0.25, 0.3) is 0 Å². The summed E-state index contributed by atoms with van der Waals surface area (Å²) in [5.74, 6) is -0.180. The van der Waals surface area contributed by atoms with E-state index in [2.05, 4.69) is 9.72 Å². The largest absolute Gasteiger partial charge is 0.573 e. The Bertz CT molecular complexity index is 528. The van der Waals surface area contributed by atoms with Gasteiger partial charge in [0, 0.05) is 17.1 Å². The molecule has 0 saturated carbocycles. The van der Waals surface area contributed by atoms with Gasteiger partial charge in [0.2, 0.25) is 0 Å². The molecule has 0 aliphatic rings. The maximum absolute atomic E-state index is 12.1. The first-order valence-corrected chi connectivity index (χ1v) is 4.71. The zero-order valence-corrected chi connectivity index (χ0v) is 8.77. The predicted octanol–water partition coefficient (Wildman–Crippen LogP) is 3.68. The Labute approximate surface area is 90.0 Å². The number of hydrogen-bond acceptors (Lipinski definition) is 1. The van der Waals surface area contributed by atoms with Gasteiger partial charge in [0.15, 0.2) is 0 Å². The van der Waals surface area contributed by atoms with E-state index in [9.17, 15) is 13.2 Å². The molecule has 16 heavy (non-hydrogen) atoms. The van der Waals surface area contributed by atoms with E-state index in [1.165, 1.54) is 12.1 Å². The molecule has 0 bridgehead atoms. The van der Waals surface area contributed by atoms with Crippen molar-refractivity contribution in [2.45, 2.75) is 20.2 Å². The SMILES string of the molecule is Cc1c[nH]c2c(C)cc(OC(F)(F)F)cc12. The van der Waals surface area contributed by atoms with E-state index in [4.69, 9.17) is 0 Å². The second kappa shape index (κ2) is 3.43. The number of rotatable bonds is 1. The second-order valence-electron chi connectivity index (χ2n) is 3.68. The Morgan fingerprint density at radius 3 is 2.44 bits per heavy atom. The lowest BCUT2D eigenvalue weighted by molar-refractivity contribution is -0.274. The van der Waals surface area contributed by atoms with Gasteiger partial charge in [-0.2, -0.15) is 0 Å². The quantitative estimate of drug-likeness (QED) is 0.792. The summed E-state index contributed by atoms with van der Waals surface area (Å²) in [7, 11) is 0. The molecule has 0 saturated heterocycles. The molecular weight excluding hydrogens is 219 g/mol. The maximum Gasteiger partial charge on any atom is 0.573 e. The third kappa shape index (κ3) is 1.98. The topological polar surface area (TPSA) is 25.0 Å². The molecule has 5 heteroatoms. The van der Waals surface area contributed by atoms with Crippen molar-refractivity contribution in [3.8, 4) is 5.75 Å². The van der Waals surface area contributed by atoms with Crippen LogP contribution >= 0.6 is 0 Å². The number of hydrogen-bond donors (Lipinski definition) is 1. The molecule has 0 radical (unpaired) electrons. The number of aromatic amines is 1. The molecule has 0 amide bonds. The first-order chi connectivity index (χ1) is 7.37. The van der Waals surface area contributed by atoms with Crippen LogP contribution in [0.2, 0.25) is 0 Å². The van der Waals surface area contributed by atoms with Crippen LogP contribution in [0, 0.1) is 13.8 Å². The Morgan fingerprint density at radius 1 is 1.12 bits per heavy atom. The van der Waals surface area contributed by atoms with Crippen molar-refractivity contribution in [3.05, 3.63) is 29.5 Å². The van der Waals surface area contributed by atoms with Gasteiger partial charge < -0.3 is 9.72 Å². The molecular formula is C11H10F3NO. The number of aryl methyl sites for hydroxylation is 2. The first-order valence-electron chi connectivity index (χ1n) is 4.71. The van der Waals surface area contributed by atoms with E-state index in [1.54, 1.807) is 13.1 Å². The summed E-state index contributed by atoms with van der Waals surface area (Å²) in [5, 5.41) is 0.749. The van der Waals surface area contributed by atoms with E-state index in [1.807, 2.05) is 6.92 Å². The van der Waals surface area contributed by atoms with Gasteiger partial charge in [0.1, 0.15) is 5.75 Å². The molecule has 2 rings (SSSR count). The molecule has 0 aliphatic carbocycles. The standard InChI is InChI=1S/C11H10F3NO/c1-6-3-8(16-11(12,13)14)4-9-7(2)5-15-10(6)9/h3-5,15H,1-2H3. The monoisotopic (exact) mass is 229 g/mol. The second-order valence-corrected chi connectivity index (χ2v) is 3.68. The average Bonchev–Trinajstić information content (AvgIpc) is 2.45. The number of aromatic nitrogens is 1. The van der Waals surface area contributed by atoms with Crippen LogP contribution in [0.4, 0.5) is 13.2 Å². The average molecular weight is 229 g/mol. The van der Waals surface area contributed by atoms with Crippen molar-refractivity contribution in [1.29, 1.82) is 0 Å². The zero-order valence-electron chi connectivity index (χ0n) is 8.77. The molecule has 0 aliphatic heterocycles. The smallest absolute Gasteiger partial charge is 0.406 e. The van der Waals surface area contributed by atoms with Crippen LogP contribution in [0.3, 0.4) is 0 Å². The summed E-state index contributed by atoms with van der Waals surface area (Å²) in [5.41, 5.74) is 2.46. The van der Waals surface area contributed by atoms with Crippen LogP contribution in [0.15, 0.2) is 18.3 Å². The van der Waals surface area contributed by atoms with Gasteiger partial charge in [-0.15, -0.1) is 13.2 Å². The molecule has 1 aromatic heterocycles. The summed E-state index contributed by atoms with van der Waals surface area (Å²) in [6.45, 7) is 3.57. The van der Waals surface area contributed by atoms with Crippen molar-refractivity contribution in [2.24, 2.45) is 0 Å². The first kappa shape index (κ1) is 10.9. The van der Waals surface area contributed by atoms with Crippen LogP contribution in [-0.2, 0) is 0 Å². The highest BCUT2D eigenvalue weighted by Gasteiger charge is 2.31. The van der Waals surface area contributed by atoms with Crippen LogP contribution < -0.4 is 4.74 Å². The van der Waals surface area contributed by atoms with Gasteiger partial charge in [-0.1, -0.05) is 0 Å².